The molecule has 0 aliphatic carbocycles. The van der Waals surface area contributed by atoms with Crippen molar-refractivity contribution in [2.45, 2.75) is 31.6 Å². The van der Waals surface area contributed by atoms with Gasteiger partial charge in [0.15, 0.2) is 0 Å². The molecule has 2 rings (SSSR count). The predicted octanol–water partition coefficient (Wildman–Crippen LogP) is 1.76. The van der Waals surface area contributed by atoms with E-state index in [1.54, 1.807) is 19.9 Å². The zero-order valence-corrected chi connectivity index (χ0v) is 15.9. The lowest BCUT2D eigenvalue weighted by Crippen LogP contribution is -2.32. The molecule has 0 aromatic heterocycles. The number of hydrogen-bond donors (Lipinski definition) is 1. The van der Waals surface area contributed by atoms with Crippen molar-refractivity contribution in [3.05, 3.63) is 18.2 Å². The SMILES string of the molecule is CCN(CC)S(=O)(=O)c1ccc(OC)c(NC(=O)CN2CCCC2)c1. The van der Waals surface area contributed by atoms with Gasteiger partial charge in [-0.2, -0.15) is 4.31 Å². The lowest BCUT2D eigenvalue weighted by molar-refractivity contribution is -0.117. The quantitative estimate of drug-likeness (QED) is 0.755. The van der Waals surface area contributed by atoms with E-state index in [9.17, 15) is 13.2 Å². The highest BCUT2D eigenvalue weighted by Gasteiger charge is 2.23. The molecule has 1 aromatic carbocycles. The van der Waals surface area contributed by atoms with Gasteiger partial charge in [0.1, 0.15) is 5.75 Å². The average Bonchev–Trinajstić information content (AvgIpc) is 3.08. The summed E-state index contributed by atoms with van der Waals surface area (Å²) in [6, 6.07) is 4.54. The van der Waals surface area contributed by atoms with Gasteiger partial charge in [-0.3, -0.25) is 9.69 Å². The minimum absolute atomic E-state index is 0.147. The first-order valence-electron chi connectivity index (χ1n) is 8.62. The molecule has 140 valence electrons. The minimum Gasteiger partial charge on any atom is -0.495 e. The molecule has 1 fully saturated rings. The first-order valence-corrected chi connectivity index (χ1v) is 10.1. The number of nitrogens with zero attached hydrogens (tertiary/aromatic N) is 2. The Balaban J connectivity index is 2.23. The van der Waals surface area contributed by atoms with Gasteiger partial charge >= 0.3 is 0 Å². The smallest absolute Gasteiger partial charge is 0.243 e. The standard InChI is InChI=1S/C17H27N3O4S/c1-4-20(5-2)25(22,23)14-8-9-16(24-3)15(12-14)18-17(21)13-19-10-6-7-11-19/h8-9,12H,4-7,10-11,13H2,1-3H3,(H,18,21). The van der Waals surface area contributed by atoms with E-state index >= 15 is 0 Å². The molecule has 1 N–H and O–H groups in total. The molecule has 0 saturated carbocycles. The summed E-state index contributed by atoms with van der Waals surface area (Å²) < 4.78 is 32.0. The number of ether oxygens (including phenoxy) is 1. The summed E-state index contributed by atoms with van der Waals surface area (Å²) in [6.07, 6.45) is 2.21. The van der Waals surface area contributed by atoms with E-state index in [0.29, 0.717) is 31.1 Å². The van der Waals surface area contributed by atoms with E-state index in [2.05, 4.69) is 10.2 Å². The van der Waals surface area contributed by atoms with Gasteiger partial charge in [0, 0.05) is 13.1 Å². The van der Waals surface area contributed by atoms with Crippen molar-refractivity contribution in [2.24, 2.45) is 0 Å². The molecule has 1 saturated heterocycles. The van der Waals surface area contributed by atoms with Gasteiger partial charge in [-0.25, -0.2) is 8.42 Å². The van der Waals surface area contributed by atoms with Gasteiger partial charge < -0.3 is 10.1 Å². The maximum absolute atomic E-state index is 12.7. The normalized spacial score (nSPS) is 15.5. The van der Waals surface area contributed by atoms with Crippen LogP contribution >= 0.6 is 0 Å². The van der Waals surface area contributed by atoms with Crippen molar-refractivity contribution >= 4 is 21.6 Å². The number of sulfonamides is 1. The zero-order chi connectivity index (χ0) is 18.4. The minimum atomic E-state index is -3.59. The molecule has 1 amide bonds. The fourth-order valence-corrected chi connectivity index (χ4v) is 4.48. The molecule has 1 aromatic rings. The Morgan fingerprint density at radius 1 is 1.24 bits per heavy atom. The number of hydrogen-bond acceptors (Lipinski definition) is 5. The topological polar surface area (TPSA) is 79.0 Å². The first-order chi connectivity index (χ1) is 11.9. The highest BCUT2D eigenvalue weighted by Crippen LogP contribution is 2.29. The highest BCUT2D eigenvalue weighted by molar-refractivity contribution is 7.89. The van der Waals surface area contributed by atoms with Gasteiger partial charge in [0.25, 0.3) is 0 Å². The Morgan fingerprint density at radius 3 is 2.44 bits per heavy atom. The maximum Gasteiger partial charge on any atom is 0.243 e. The Bertz CT molecular complexity index is 696. The number of likely N-dealkylation sites (tertiary alicyclic amines) is 1. The summed E-state index contributed by atoms with van der Waals surface area (Å²) in [6.45, 7) is 6.51. The molecule has 0 spiro atoms. The monoisotopic (exact) mass is 369 g/mol. The van der Waals surface area contributed by atoms with Crippen LogP contribution in [0.2, 0.25) is 0 Å². The van der Waals surface area contributed by atoms with E-state index in [-0.39, 0.29) is 10.8 Å². The molecule has 0 unspecified atom stereocenters. The summed E-state index contributed by atoms with van der Waals surface area (Å²) in [5.41, 5.74) is 0.375. The third kappa shape index (κ3) is 4.71. The Kier molecular flexibility index (Phi) is 6.80. The van der Waals surface area contributed by atoms with E-state index in [1.165, 1.54) is 23.5 Å². The molecule has 0 bridgehead atoms. The molecule has 7 nitrogen and oxygen atoms in total. The Labute approximate surface area is 150 Å². The number of benzene rings is 1. The van der Waals surface area contributed by atoms with Crippen molar-refractivity contribution in [1.82, 2.24) is 9.21 Å². The van der Waals surface area contributed by atoms with Crippen LogP contribution in [0.15, 0.2) is 23.1 Å². The summed E-state index contributed by atoms with van der Waals surface area (Å²) in [5.74, 6) is 0.269. The van der Waals surface area contributed by atoms with Crippen LogP contribution in [0, 0.1) is 0 Å². The predicted molar refractivity (Wildman–Crippen MR) is 97.4 cm³/mol. The molecule has 1 aliphatic heterocycles. The molecule has 8 heteroatoms. The van der Waals surface area contributed by atoms with Gasteiger partial charge in [0.05, 0.1) is 24.2 Å². The molecule has 1 heterocycles. The lowest BCUT2D eigenvalue weighted by Gasteiger charge is -2.20. The average molecular weight is 369 g/mol. The van der Waals surface area contributed by atoms with Crippen LogP contribution in [0.1, 0.15) is 26.7 Å². The largest absolute Gasteiger partial charge is 0.495 e. The number of rotatable bonds is 8. The van der Waals surface area contributed by atoms with Crippen LogP contribution in [0.3, 0.4) is 0 Å². The first kappa shape index (κ1) is 19.7. The van der Waals surface area contributed by atoms with Gasteiger partial charge in [-0.15, -0.1) is 0 Å². The number of amides is 1. The number of anilines is 1. The van der Waals surface area contributed by atoms with E-state index < -0.39 is 10.0 Å². The van der Waals surface area contributed by atoms with Crippen molar-refractivity contribution < 1.29 is 17.9 Å². The summed E-state index contributed by atoms with van der Waals surface area (Å²) in [4.78, 5) is 14.5. The van der Waals surface area contributed by atoms with Crippen molar-refractivity contribution in [3.63, 3.8) is 0 Å². The number of carbonyl (C=O) groups is 1. The van der Waals surface area contributed by atoms with Crippen LogP contribution in [-0.2, 0) is 14.8 Å². The Hall–Kier alpha value is -1.64. The van der Waals surface area contributed by atoms with Crippen LogP contribution < -0.4 is 10.1 Å². The zero-order valence-electron chi connectivity index (χ0n) is 15.1. The molecule has 1 aliphatic rings. The van der Waals surface area contributed by atoms with E-state index in [0.717, 1.165) is 25.9 Å². The lowest BCUT2D eigenvalue weighted by atomic mass is 10.3. The van der Waals surface area contributed by atoms with Crippen LogP contribution in [0.25, 0.3) is 0 Å². The second kappa shape index (κ2) is 8.64. The summed E-state index contributed by atoms with van der Waals surface area (Å²) >= 11 is 0. The number of nitrogens with one attached hydrogen (secondary N) is 1. The second-order valence-electron chi connectivity index (χ2n) is 5.98. The van der Waals surface area contributed by atoms with Crippen molar-refractivity contribution in [2.75, 3.05) is 45.2 Å². The van der Waals surface area contributed by atoms with Crippen LogP contribution in [0.4, 0.5) is 5.69 Å². The summed E-state index contributed by atoms with van der Waals surface area (Å²) in [7, 11) is -2.10. The Morgan fingerprint density at radius 2 is 1.88 bits per heavy atom. The van der Waals surface area contributed by atoms with Crippen molar-refractivity contribution in [1.29, 1.82) is 0 Å². The second-order valence-corrected chi connectivity index (χ2v) is 7.92. The van der Waals surface area contributed by atoms with Crippen LogP contribution in [0.5, 0.6) is 5.75 Å². The molecule has 0 radical (unpaired) electrons. The third-order valence-electron chi connectivity index (χ3n) is 4.35. The number of methoxy groups -OCH3 is 1. The number of carbonyl (C=O) groups excluding carboxylic acids is 1. The van der Waals surface area contributed by atoms with E-state index in [1.807, 2.05) is 0 Å². The molecule has 0 atom stereocenters. The van der Waals surface area contributed by atoms with Crippen molar-refractivity contribution in [3.8, 4) is 5.75 Å². The fraction of sp³-hybridized carbons (Fsp3) is 0.588. The van der Waals surface area contributed by atoms with E-state index in [4.69, 9.17) is 4.74 Å². The fourth-order valence-electron chi connectivity index (χ4n) is 2.99. The molecular formula is C17H27N3O4S. The van der Waals surface area contributed by atoms with Gasteiger partial charge in [-0.1, -0.05) is 13.8 Å². The summed E-state index contributed by atoms with van der Waals surface area (Å²) in [5, 5.41) is 2.79. The van der Waals surface area contributed by atoms with Crippen LogP contribution in [-0.4, -0.2) is 63.4 Å². The molecule has 25 heavy (non-hydrogen) atoms. The van der Waals surface area contributed by atoms with Gasteiger partial charge in [-0.05, 0) is 44.1 Å². The van der Waals surface area contributed by atoms with Gasteiger partial charge in [0.2, 0.25) is 15.9 Å². The molecular weight excluding hydrogens is 342 g/mol. The third-order valence-corrected chi connectivity index (χ3v) is 6.40. The highest BCUT2D eigenvalue weighted by atomic mass is 32.2. The maximum atomic E-state index is 12.7.